The van der Waals surface area contributed by atoms with Crippen LogP contribution in [0.1, 0.15) is 25.5 Å². The summed E-state index contributed by atoms with van der Waals surface area (Å²) in [5.74, 6) is 0.846. The van der Waals surface area contributed by atoms with Gasteiger partial charge < -0.3 is 14.8 Å². The Bertz CT molecular complexity index is 344. The second-order valence-corrected chi connectivity index (χ2v) is 4.14. The van der Waals surface area contributed by atoms with Crippen LogP contribution in [-0.2, 0) is 4.74 Å². The number of hydrogen-bond acceptors (Lipinski definition) is 3. The molecule has 0 saturated carbocycles. The predicted molar refractivity (Wildman–Crippen MR) is 70.9 cm³/mol. The van der Waals surface area contributed by atoms with Crippen molar-refractivity contribution >= 4 is 0 Å². The lowest BCUT2D eigenvalue weighted by atomic mass is 10.1. The van der Waals surface area contributed by atoms with Crippen LogP contribution in [0.3, 0.4) is 0 Å². The van der Waals surface area contributed by atoms with Crippen molar-refractivity contribution in [3.05, 3.63) is 29.8 Å². The van der Waals surface area contributed by atoms with Gasteiger partial charge in [0.25, 0.3) is 6.43 Å². The first-order valence-corrected chi connectivity index (χ1v) is 6.45. The summed E-state index contributed by atoms with van der Waals surface area (Å²) in [5.41, 5.74) is 1.12. The zero-order valence-corrected chi connectivity index (χ0v) is 11.4. The van der Waals surface area contributed by atoms with Crippen LogP contribution < -0.4 is 10.1 Å². The average molecular weight is 273 g/mol. The Labute approximate surface area is 112 Å². The topological polar surface area (TPSA) is 30.5 Å². The van der Waals surface area contributed by atoms with Crippen LogP contribution in [0.4, 0.5) is 8.78 Å². The van der Waals surface area contributed by atoms with E-state index in [0.717, 1.165) is 11.3 Å². The van der Waals surface area contributed by atoms with Crippen LogP contribution in [0.15, 0.2) is 24.3 Å². The third-order valence-corrected chi connectivity index (χ3v) is 2.63. The monoisotopic (exact) mass is 273 g/mol. The predicted octanol–water partition coefficient (Wildman–Crippen LogP) is 3.02. The molecular formula is C14H21F2NO2. The van der Waals surface area contributed by atoms with Gasteiger partial charge in [-0.05, 0) is 31.5 Å². The summed E-state index contributed by atoms with van der Waals surface area (Å²) in [6.45, 7) is 4.93. The Hall–Kier alpha value is -1.20. The third-order valence-electron chi connectivity index (χ3n) is 2.63. The van der Waals surface area contributed by atoms with E-state index in [0.29, 0.717) is 13.2 Å². The second-order valence-electron chi connectivity index (χ2n) is 4.14. The highest BCUT2D eigenvalue weighted by Crippen LogP contribution is 2.17. The Morgan fingerprint density at radius 2 is 1.89 bits per heavy atom. The molecule has 1 atom stereocenters. The molecule has 108 valence electrons. The molecule has 0 bridgehead atoms. The van der Waals surface area contributed by atoms with Crippen molar-refractivity contribution < 1.29 is 18.3 Å². The van der Waals surface area contributed by atoms with E-state index in [9.17, 15) is 8.78 Å². The van der Waals surface area contributed by atoms with Gasteiger partial charge in [0.1, 0.15) is 12.4 Å². The molecule has 0 saturated heterocycles. The summed E-state index contributed by atoms with van der Waals surface area (Å²) in [7, 11) is 0. The smallest absolute Gasteiger partial charge is 0.261 e. The molecule has 1 unspecified atom stereocenters. The summed E-state index contributed by atoms with van der Waals surface area (Å²) < 4.78 is 33.8. The van der Waals surface area contributed by atoms with Gasteiger partial charge in [-0.15, -0.1) is 0 Å². The van der Waals surface area contributed by atoms with E-state index in [1.807, 2.05) is 38.1 Å². The van der Waals surface area contributed by atoms with Gasteiger partial charge in [-0.2, -0.15) is 0 Å². The normalized spacial score (nSPS) is 12.7. The van der Waals surface area contributed by atoms with E-state index in [2.05, 4.69) is 5.32 Å². The summed E-state index contributed by atoms with van der Waals surface area (Å²) in [6.07, 6.45) is -2.40. The Kier molecular flexibility index (Phi) is 7.36. The minimum atomic E-state index is -2.40. The molecule has 1 rings (SSSR count). The summed E-state index contributed by atoms with van der Waals surface area (Å²) >= 11 is 0. The Morgan fingerprint density at radius 1 is 1.21 bits per heavy atom. The highest BCUT2D eigenvalue weighted by Gasteiger charge is 2.05. The van der Waals surface area contributed by atoms with Gasteiger partial charge in [0.2, 0.25) is 0 Å². The number of halogens is 2. The second kappa shape index (κ2) is 8.82. The molecule has 1 aromatic carbocycles. The van der Waals surface area contributed by atoms with Crippen LogP contribution in [0.5, 0.6) is 5.75 Å². The molecule has 1 aromatic rings. The standard InChI is InChI=1S/C14H21F2NO2/c1-3-19-13-6-4-12(5-7-13)11(2)17-8-9-18-10-14(15)16/h4-7,11,14,17H,3,8-10H2,1-2H3. The van der Waals surface area contributed by atoms with E-state index in [1.54, 1.807) is 0 Å². The zero-order valence-electron chi connectivity index (χ0n) is 11.4. The van der Waals surface area contributed by atoms with Crippen LogP contribution >= 0.6 is 0 Å². The Morgan fingerprint density at radius 3 is 2.47 bits per heavy atom. The van der Waals surface area contributed by atoms with Crippen molar-refractivity contribution in [2.24, 2.45) is 0 Å². The summed E-state index contributed by atoms with van der Waals surface area (Å²) in [5, 5.41) is 3.21. The van der Waals surface area contributed by atoms with Gasteiger partial charge in [-0.3, -0.25) is 0 Å². The van der Waals surface area contributed by atoms with Crippen LogP contribution in [-0.4, -0.2) is 32.8 Å². The van der Waals surface area contributed by atoms with Gasteiger partial charge in [0, 0.05) is 12.6 Å². The minimum Gasteiger partial charge on any atom is -0.494 e. The molecule has 0 amide bonds. The first kappa shape index (κ1) is 15.9. The highest BCUT2D eigenvalue weighted by molar-refractivity contribution is 5.28. The number of benzene rings is 1. The fourth-order valence-corrected chi connectivity index (χ4v) is 1.66. The zero-order chi connectivity index (χ0) is 14.1. The molecule has 1 N–H and O–H groups in total. The average Bonchev–Trinajstić information content (AvgIpc) is 2.39. The van der Waals surface area contributed by atoms with Gasteiger partial charge in [-0.1, -0.05) is 12.1 Å². The van der Waals surface area contributed by atoms with Gasteiger partial charge in [-0.25, -0.2) is 8.78 Å². The molecule has 0 heterocycles. The molecule has 0 aliphatic heterocycles. The first-order valence-electron chi connectivity index (χ1n) is 6.45. The highest BCUT2D eigenvalue weighted by atomic mass is 19.3. The van der Waals surface area contributed by atoms with E-state index in [4.69, 9.17) is 9.47 Å². The molecule has 0 spiro atoms. The van der Waals surface area contributed by atoms with Crippen molar-refractivity contribution in [1.82, 2.24) is 5.32 Å². The van der Waals surface area contributed by atoms with E-state index >= 15 is 0 Å². The largest absolute Gasteiger partial charge is 0.494 e. The fourth-order valence-electron chi connectivity index (χ4n) is 1.66. The molecule has 0 aliphatic carbocycles. The molecule has 0 aliphatic rings. The number of alkyl halides is 2. The molecule has 0 radical (unpaired) electrons. The van der Waals surface area contributed by atoms with Crippen LogP contribution in [0.2, 0.25) is 0 Å². The maximum Gasteiger partial charge on any atom is 0.261 e. The summed E-state index contributed by atoms with van der Waals surface area (Å²) in [4.78, 5) is 0. The van der Waals surface area contributed by atoms with Crippen molar-refractivity contribution in [1.29, 1.82) is 0 Å². The maximum atomic E-state index is 11.8. The number of hydrogen-bond donors (Lipinski definition) is 1. The molecule has 0 aromatic heterocycles. The van der Waals surface area contributed by atoms with Crippen molar-refractivity contribution in [2.75, 3.05) is 26.4 Å². The molecule has 5 heteroatoms. The SMILES string of the molecule is CCOc1ccc(C(C)NCCOCC(F)F)cc1. The van der Waals surface area contributed by atoms with Crippen molar-refractivity contribution in [2.45, 2.75) is 26.3 Å². The van der Waals surface area contributed by atoms with E-state index < -0.39 is 13.0 Å². The first-order chi connectivity index (χ1) is 9.13. The van der Waals surface area contributed by atoms with Crippen LogP contribution in [0, 0.1) is 0 Å². The quantitative estimate of drug-likeness (QED) is 0.702. The third kappa shape index (κ3) is 6.50. The Balaban J connectivity index is 2.26. The minimum absolute atomic E-state index is 0.144. The number of nitrogens with one attached hydrogen (secondary N) is 1. The van der Waals surface area contributed by atoms with E-state index in [1.165, 1.54) is 0 Å². The fraction of sp³-hybridized carbons (Fsp3) is 0.571. The van der Waals surface area contributed by atoms with Crippen molar-refractivity contribution in [3.8, 4) is 5.75 Å². The van der Waals surface area contributed by atoms with Crippen LogP contribution in [0.25, 0.3) is 0 Å². The summed E-state index contributed by atoms with van der Waals surface area (Å²) in [6, 6.07) is 7.96. The molecule has 19 heavy (non-hydrogen) atoms. The number of rotatable bonds is 9. The lowest BCUT2D eigenvalue weighted by Crippen LogP contribution is -2.24. The lowest BCUT2D eigenvalue weighted by Gasteiger charge is -2.15. The maximum absolute atomic E-state index is 11.8. The van der Waals surface area contributed by atoms with Gasteiger partial charge in [0.15, 0.2) is 0 Å². The lowest BCUT2D eigenvalue weighted by molar-refractivity contribution is 0.0183. The van der Waals surface area contributed by atoms with E-state index in [-0.39, 0.29) is 12.6 Å². The molecule has 0 fully saturated rings. The van der Waals surface area contributed by atoms with Gasteiger partial charge >= 0.3 is 0 Å². The number of ether oxygens (including phenoxy) is 2. The molecule has 3 nitrogen and oxygen atoms in total. The van der Waals surface area contributed by atoms with Gasteiger partial charge in [0.05, 0.1) is 13.2 Å². The van der Waals surface area contributed by atoms with Crippen molar-refractivity contribution in [3.63, 3.8) is 0 Å². The molecular weight excluding hydrogens is 252 g/mol.